The van der Waals surface area contributed by atoms with Crippen LogP contribution in [-0.4, -0.2) is 4.57 Å². The van der Waals surface area contributed by atoms with Gasteiger partial charge < -0.3 is 9.47 Å². The summed E-state index contributed by atoms with van der Waals surface area (Å²) in [6.45, 7) is 0. The molecule has 0 fully saturated rings. The van der Waals surface area contributed by atoms with E-state index in [2.05, 4.69) is 0 Å². The minimum Gasteiger partial charge on any atom is -0.311 e. The molecule has 12 aromatic rings. The third-order valence-corrected chi connectivity index (χ3v) is 10.8. The molecule has 1 heterocycles. The van der Waals surface area contributed by atoms with Gasteiger partial charge in [-0.15, -0.1) is 0 Å². The molecule has 0 spiro atoms. The Morgan fingerprint density at radius 2 is 0.742 bits per heavy atom. The van der Waals surface area contributed by atoms with Crippen LogP contribution in [-0.2, 0) is 0 Å². The van der Waals surface area contributed by atoms with Crippen molar-refractivity contribution < 1.29 is 41.1 Å². The third-order valence-electron chi connectivity index (χ3n) is 10.8. The lowest BCUT2D eigenvalue weighted by Crippen LogP contribution is -2.09. The highest BCUT2D eigenvalue weighted by Gasteiger charge is 2.17. The first-order valence-electron chi connectivity index (χ1n) is 35.2. The Hall–Kier alpha value is -8.72. The van der Waals surface area contributed by atoms with Gasteiger partial charge in [0.25, 0.3) is 0 Å². The molecule has 0 unspecified atom stereocenters. The van der Waals surface area contributed by atoms with E-state index in [-0.39, 0.29) is 11.1 Å². The van der Waals surface area contributed by atoms with E-state index in [1.807, 2.05) is 71.3 Å². The second kappa shape index (κ2) is 16.8. The van der Waals surface area contributed by atoms with E-state index in [0.717, 1.165) is 27.4 Å². The maximum Gasteiger partial charge on any atom is 0.0645 e. The molecular formula is C64H44N2. The first-order chi connectivity index (χ1) is 45.2. The number of nitrogens with zero attached hydrogens (tertiary/aromatic N) is 2. The Morgan fingerprint density at radius 3 is 1.35 bits per heavy atom. The van der Waals surface area contributed by atoms with Gasteiger partial charge in [0.15, 0.2) is 0 Å². The maximum absolute atomic E-state index is 9.87. The van der Waals surface area contributed by atoms with E-state index in [1.165, 1.54) is 0 Å². The van der Waals surface area contributed by atoms with E-state index < -0.39 is 243 Å². The zero-order valence-electron chi connectivity index (χ0n) is 64.0. The molecule has 0 amide bonds. The van der Waals surface area contributed by atoms with Crippen LogP contribution >= 0.6 is 0 Å². The lowest BCUT2D eigenvalue weighted by Gasteiger charge is -2.26. The van der Waals surface area contributed by atoms with Crippen molar-refractivity contribution in [3.05, 3.63) is 266 Å². The quantitative estimate of drug-likeness (QED) is 0.140. The number of para-hydroxylation sites is 1. The predicted molar refractivity (Wildman–Crippen MR) is 280 cm³/mol. The van der Waals surface area contributed by atoms with Crippen molar-refractivity contribution in [3.8, 4) is 61.3 Å². The van der Waals surface area contributed by atoms with Crippen molar-refractivity contribution in [2.75, 3.05) is 4.90 Å². The summed E-state index contributed by atoms with van der Waals surface area (Å²) in [6, 6.07) is -5.40. The van der Waals surface area contributed by atoms with Gasteiger partial charge in [-0.3, -0.25) is 0 Å². The van der Waals surface area contributed by atoms with Crippen LogP contribution in [0.2, 0.25) is 0 Å². The van der Waals surface area contributed by atoms with Crippen LogP contribution in [0.3, 0.4) is 0 Å². The molecule has 0 radical (unpaired) electrons. The Balaban J connectivity index is 1.14. The van der Waals surface area contributed by atoms with Gasteiger partial charge in [0.05, 0.1) is 52.2 Å². The van der Waals surface area contributed by atoms with Crippen molar-refractivity contribution >= 4 is 49.6 Å². The van der Waals surface area contributed by atoms with Crippen molar-refractivity contribution in [1.29, 1.82) is 0 Å². The van der Waals surface area contributed by atoms with Crippen molar-refractivity contribution in [2.24, 2.45) is 0 Å². The number of rotatable bonds is 9. The fourth-order valence-corrected chi connectivity index (χ4v) is 7.71. The van der Waals surface area contributed by atoms with Crippen molar-refractivity contribution in [2.45, 2.75) is 0 Å². The third kappa shape index (κ3) is 7.21. The van der Waals surface area contributed by atoms with Crippen molar-refractivity contribution in [3.63, 3.8) is 0 Å². The minimum absolute atomic E-state index is 0.126. The van der Waals surface area contributed by atoms with E-state index in [0.29, 0.717) is 15.8 Å². The molecule has 0 saturated carbocycles. The monoisotopic (exact) mass is 871 g/mol. The molecule has 12 rings (SSSR count). The van der Waals surface area contributed by atoms with Gasteiger partial charge >= 0.3 is 0 Å². The van der Waals surface area contributed by atoms with Gasteiger partial charge in [0.1, 0.15) is 0 Å². The molecule has 0 atom stereocenters. The smallest absolute Gasteiger partial charge is 0.0645 e. The number of aromatic nitrogens is 1. The zero-order valence-corrected chi connectivity index (χ0v) is 34.0. The van der Waals surface area contributed by atoms with E-state index >= 15 is 0 Å². The first kappa shape index (κ1) is 18.8. The molecule has 11 aromatic carbocycles. The number of anilines is 3. The largest absolute Gasteiger partial charge is 0.311 e. The molecule has 2 heteroatoms. The summed E-state index contributed by atoms with van der Waals surface area (Å²) in [4.78, 5) is 0.396. The predicted octanol–water partition coefficient (Wildman–Crippen LogP) is 17.7. The second-order valence-electron chi connectivity index (χ2n) is 14.6. The Morgan fingerprint density at radius 1 is 0.303 bits per heavy atom. The number of hydrogen-bond acceptors (Lipinski definition) is 1. The van der Waals surface area contributed by atoms with Gasteiger partial charge in [-0.2, -0.15) is 0 Å². The van der Waals surface area contributed by atoms with Gasteiger partial charge in [0, 0.05) is 33.5 Å². The Kier molecular flexibility index (Phi) is 4.77. The van der Waals surface area contributed by atoms with Crippen LogP contribution in [0.15, 0.2) is 266 Å². The standard InChI is InChI=1S/C64H44N2/c1-3-13-45(14-4-1)47-23-25-48(26-24-47)49-27-35-55(36-28-49)65(57-39-32-52(33-40-57)60-20-10-9-19-59(60)51-16-5-2-6-17-51)56-37-29-50(30-38-56)54-34-42-64-62(44-54)61-21-11-12-22-63(61)66(64)58-41-31-46-15-7-8-18-53(46)43-58/h1-44H/i1D,2D,3D,4D,5D,6D,9D,10D,13D,14D,16D,17D,19D,20D,23D,24D,25D,26D,27D,28D,29D,30D,32D,33D,35D,36D,37D,38D,39D,40D. The molecule has 310 valence electrons. The van der Waals surface area contributed by atoms with E-state index in [1.54, 1.807) is 18.2 Å². The summed E-state index contributed by atoms with van der Waals surface area (Å²) in [6.07, 6.45) is 0. The Labute approximate surface area is 427 Å². The lowest BCUT2D eigenvalue weighted by molar-refractivity contribution is 1.19. The summed E-state index contributed by atoms with van der Waals surface area (Å²) < 4.78 is 275. The maximum atomic E-state index is 9.87. The van der Waals surface area contributed by atoms with Gasteiger partial charge in [-0.05, 0) is 133 Å². The fraction of sp³-hybridized carbons (Fsp3) is 0. The average Bonchev–Trinajstić information content (AvgIpc) is 0.835. The van der Waals surface area contributed by atoms with E-state index in [4.69, 9.17) is 20.6 Å². The molecule has 0 bridgehead atoms. The molecule has 0 N–H and O–H groups in total. The van der Waals surface area contributed by atoms with Gasteiger partial charge in [0.2, 0.25) is 0 Å². The average molecular weight is 871 g/mol. The van der Waals surface area contributed by atoms with Gasteiger partial charge in [-0.1, -0.05) is 200 Å². The molecule has 66 heavy (non-hydrogen) atoms. The number of fused-ring (bicyclic) bond motifs is 4. The molecule has 0 aliphatic heterocycles. The van der Waals surface area contributed by atoms with E-state index in [9.17, 15) is 20.6 Å². The van der Waals surface area contributed by atoms with Gasteiger partial charge in [-0.25, -0.2) is 0 Å². The molecule has 0 aliphatic carbocycles. The molecular weight excluding hydrogens is 797 g/mol. The number of hydrogen-bond donors (Lipinski definition) is 0. The highest BCUT2D eigenvalue weighted by Crippen LogP contribution is 2.41. The van der Waals surface area contributed by atoms with Crippen LogP contribution in [0, 0.1) is 0 Å². The SMILES string of the molecule is [2H]c1c([2H])c([2H])c(-c2c([2H])c([2H])c(-c3c([2H])c([2H])c(N(c4c([2H])c([2H])c(-c5ccc6c(c5)c5ccccc5n6-c5ccc6ccccc6c5)c([2H])c4[2H])c4c([2H])c([2H])c(-c5c([2H])c([2H])c([2H])c([2H])c5-c5c([2H])c([2H])c([2H])c([2H])c5[2H])c([2H])c4[2H])c([2H])c3[2H])c([2H])c2[2H])c([2H])c1[2H]. The highest BCUT2D eigenvalue weighted by atomic mass is 15.1. The minimum atomic E-state index is -1.29. The topological polar surface area (TPSA) is 8.17 Å². The summed E-state index contributed by atoms with van der Waals surface area (Å²) in [5.41, 5.74) is -8.28. The number of benzene rings is 11. The molecule has 1 aromatic heterocycles. The zero-order chi connectivity index (χ0) is 69.9. The molecule has 0 saturated heterocycles. The van der Waals surface area contributed by atoms with Crippen LogP contribution in [0.25, 0.3) is 93.9 Å². The van der Waals surface area contributed by atoms with Crippen LogP contribution in [0.1, 0.15) is 41.1 Å². The summed E-state index contributed by atoms with van der Waals surface area (Å²) in [7, 11) is 0. The summed E-state index contributed by atoms with van der Waals surface area (Å²) in [5.74, 6) is 0. The van der Waals surface area contributed by atoms with Crippen LogP contribution in [0.4, 0.5) is 17.1 Å². The lowest BCUT2D eigenvalue weighted by atomic mass is 9.94. The first-order valence-corrected chi connectivity index (χ1v) is 20.2. The van der Waals surface area contributed by atoms with Crippen LogP contribution in [0.5, 0.6) is 0 Å². The normalized spacial score (nSPS) is 17.7. The molecule has 0 aliphatic rings. The second-order valence-corrected chi connectivity index (χ2v) is 14.6. The summed E-state index contributed by atoms with van der Waals surface area (Å²) >= 11 is 0. The molecule has 2 nitrogen and oxygen atoms in total. The Bertz CT molecular complexity index is 5330. The summed E-state index contributed by atoms with van der Waals surface area (Å²) in [5, 5.41) is 3.28. The fourth-order valence-electron chi connectivity index (χ4n) is 7.71. The highest BCUT2D eigenvalue weighted by molar-refractivity contribution is 6.10. The van der Waals surface area contributed by atoms with Crippen LogP contribution < -0.4 is 4.90 Å². The van der Waals surface area contributed by atoms with Crippen molar-refractivity contribution in [1.82, 2.24) is 4.57 Å².